The number of rotatable bonds is 8. The lowest BCUT2D eigenvalue weighted by atomic mass is 9.89. The highest BCUT2D eigenvalue weighted by molar-refractivity contribution is 7.89. The molecule has 2 aliphatic rings. The monoisotopic (exact) mass is 514 g/mol. The zero-order valence-electron chi connectivity index (χ0n) is 20.0. The maximum absolute atomic E-state index is 13.1. The molecule has 0 unspecified atom stereocenters. The summed E-state index contributed by atoms with van der Waals surface area (Å²) < 4.78 is 27.6. The molecule has 0 aromatic heterocycles. The highest BCUT2D eigenvalue weighted by Crippen LogP contribution is 2.32. The number of phenolic OH excluding ortho intramolecular Hbond substituents is 1. The van der Waals surface area contributed by atoms with Crippen LogP contribution in [0.3, 0.4) is 0 Å². The second-order valence-corrected chi connectivity index (χ2v) is 11.2. The van der Waals surface area contributed by atoms with Crippen LogP contribution >= 0.6 is 0 Å². The third-order valence-electron chi connectivity index (χ3n) is 6.68. The van der Waals surface area contributed by atoms with Crippen molar-refractivity contribution in [3.8, 4) is 5.75 Å². The quantitative estimate of drug-likeness (QED) is 0.408. The fourth-order valence-electron chi connectivity index (χ4n) is 4.50. The molecule has 1 saturated heterocycles. The van der Waals surface area contributed by atoms with Gasteiger partial charge in [0.15, 0.2) is 0 Å². The van der Waals surface area contributed by atoms with Gasteiger partial charge in [0.05, 0.1) is 12.4 Å². The summed E-state index contributed by atoms with van der Waals surface area (Å²) in [7, 11) is -3.59. The lowest BCUT2D eigenvalue weighted by Crippen LogP contribution is -2.50. The Morgan fingerprint density at radius 3 is 2.64 bits per heavy atom. The van der Waals surface area contributed by atoms with Gasteiger partial charge in [0, 0.05) is 30.8 Å². The van der Waals surface area contributed by atoms with Gasteiger partial charge in [-0.05, 0) is 61.6 Å². The van der Waals surface area contributed by atoms with Crippen LogP contribution in [0.15, 0.2) is 47.5 Å². The molecule has 2 aromatic rings. The van der Waals surface area contributed by atoms with E-state index in [1.807, 2.05) is 6.92 Å². The molecular weight excluding hydrogens is 484 g/mol. The number of amidine groups is 1. The SMILES string of the molecule is Cc1ccc(C(=O)NCCO)cc1CCS(=O)(=O)N1CCC2(CC1)N=C(c1cccc(O)c1)NC2=O. The van der Waals surface area contributed by atoms with Crippen LogP contribution in [0.5, 0.6) is 5.75 Å². The van der Waals surface area contributed by atoms with Crippen molar-refractivity contribution in [1.29, 1.82) is 0 Å². The van der Waals surface area contributed by atoms with Crippen molar-refractivity contribution in [1.82, 2.24) is 14.9 Å². The molecule has 1 fully saturated rings. The molecule has 0 atom stereocenters. The summed E-state index contributed by atoms with van der Waals surface area (Å²) in [5.74, 6) is -0.254. The summed E-state index contributed by atoms with van der Waals surface area (Å²) in [6, 6.07) is 11.6. The van der Waals surface area contributed by atoms with Gasteiger partial charge >= 0.3 is 0 Å². The van der Waals surface area contributed by atoms with Crippen molar-refractivity contribution in [2.75, 3.05) is 32.0 Å². The van der Waals surface area contributed by atoms with Crippen LogP contribution in [-0.4, -0.2) is 78.1 Å². The molecule has 0 radical (unpaired) electrons. The van der Waals surface area contributed by atoms with Crippen LogP contribution in [0.4, 0.5) is 0 Å². The van der Waals surface area contributed by atoms with E-state index in [0.717, 1.165) is 11.1 Å². The first-order chi connectivity index (χ1) is 17.1. The molecular formula is C25H30N4O6S. The lowest BCUT2D eigenvalue weighted by molar-refractivity contribution is -0.124. The van der Waals surface area contributed by atoms with Crippen LogP contribution in [0.1, 0.15) is 39.9 Å². The molecule has 0 aliphatic carbocycles. The first kappa shape index (κ1) is 25.8. The predicted molar refractivity (Wildman–Crippen MR) is 134 cm³/mol. The molecule has 2 heterocycles. The smallest absolute Gasteiger partial charge is 0.253 e. The number of nitrogens with one attached hydrogen (secondary N) is 2. The van der Waals surface area contributed by atoms with Crippen molar-refractivity contribution in [3.05, 3.63) is 64.7 Å². The third-order valence-corrected chi connectivity index (χ3v) is 8.55. The van der Waals surface area contributed by atoms with Gasteiger partial charge in [-0.1, -0.05) is 18.2 Å². The van der Waals surface area contributed by atoms with Gasteiger partial charge in [-0.3, -0.25) is 14.6 Å². The molecule has 4 N–H and O–H groups in total. The number of aryl methyl sites for hydroxylation is 2. The number of sulfonamides is 1. The predicted octanol–water partition coefficient (Wildman–Crippen LogP) is 0.706. The maximum Gasteiger partial charge on any atom is 0.253 e. The van der Waals surface area contributed by atoms with Crippen molar-refractivity contribution >= 4 is 27.7 Å². The second-order valence-electron chi connectivity index (χ2n) is 9.08. The Morgan fingerprint density at radius 2 is 1.94 bits per heavy atom. The molecule has 2 aromatic carbocycles. The minimum Gasteiger partial charge on any atom is -0.508 e. The number of aliphatic hydroxyl groups is 1. The minimum atomic E-state index is -3.59. The zero-order chi connectivity index (χ0) is 25.9. The van der Waals surface area contributed by atoms with E-state index in [2.05, 4.69) is 15.6 Å². The van der Waals surface area contributed by atoms with Crippen molar-refractivity contribution in [2.24, 2.45) is 4.99 Å². The molecule has 1 spiro atoms. The van der Waals surface area contributed by atoms with E-state index in [4.69, 9.17) is 5.11 Å². The topological polar surface area (TPSA) is 148 Å². The highest BCUT2D eigenvalue weighted by Gasteiger charge is 2.47. The summed E-state index contributed by atoms with van der Waals surface area (Å²) in [6.07, 6.45) is 0.775. The number of nitrogens with zero attached hydrogens (tertiary/aromatic N) is 2. The largest absolute Gasteiger partial charge is 0.508 e. The fourth-order valence-corrected chi connectivity index (χ4v) is 5.98. The molecule has 4 rings (SSSR count). The number of aliphatic imine (C=N–C) groups is 1. The van der Waals surface area contributed by atoms with Gasteiger partial charge in [-0.2, -0.15) is 0 Å². The molecule has 11 heteroatoms. The molecule has 192 valence electrons. The Hall–Kier alpha value is -3.28. The van der Waals surface area contributed by atoms with Crippen molar-refractivity contribution in [2.45, 2.75) is 31.7 Å². The first-order valence-corrected chi connectivity index (χ1v) is 13.4. The van der Waals surface area contributed by atoms with Gasteiger partial charge in [0.2, 0.25) is 10.0 Å². The van der Waals surface area contributed by atoms with E-state index >= 15 is 0 Å². The number of hydrogen-bond donors (Lipinski definition) is 4. The van der Waals surface area contributed by atoms with E-state index in [1.165, 1.54) is 16.4 Å². The van der Waals surface area contributed by atoms with Crippen molar-refractivity contribution in [3.63, 3.8) is 0 Å². The summed E-state index contributed by atoms with van der Waals surface area (Å²) in [4.78, 5) is 29.6. The first-order valence-electron chi connectivity index (χ1n) is 11.8. The lowest BCUT2D eigenvalue weighted by Gasteiger charge is -2.34. The van der Waals surface area contributed by atoms with Crippen LogP contribution in [0, 0.1) is 6.92 Å². The Kier molecular flexibility index (Phi) is 7.43. The number of hydrogen-bond acceptors (Lipinski definition) is 7. The van der Waals surface area contributed by atoms with E-state index in [9.17, 15) is 23.1 Å². The summed E-state index contributed by atoms with van der Waals surface area (Å²) in [6.45, 7) is 2.20. The zero-order valence-corrected chi connectivity index (χ0v) is 20.8. The van der Waals surface area contributed by atoms with Crippen LogP contribution in [0.25, 0.3) is 0 Å². The van der Waals surface area contributed by atoms with Crippen LogP contribution in [0.2, 0.25) is 0 Å². The van der Waals surface area contributed by atoms with Gasteiger partial charge in [0.1, 0.15) is 17.1 Å². The van der Waals surface area contributed by atoms with Gasteiger partial charge in [-0.25, -0.2) is 12.7 Å². The van der Waals surface area contributed by atoms with E-state index in [-0.39, 0.29) is 68.8 Å². The average Bonchev–Trinajstić information content (AvgIpc) is 3.17. The number of amides is 2. The number of aliphatic hydroxyl groups excluding tert-OH is 1. The minimum absolute atomic E-state index is 0.0675. The number of carbonyl (C=O) groups excluding carboxylic acids is 2. The second kappa shape index (κ2) is 10.4. The fraction of sp³-hybridized carbons (Fsp3) is 0.400. The van der Waals surface area contributed by atoms with E-state index in [0.29, 0.717) is 17.0 Å². The number of aromatic hydroxyl groups is 1. The maximum atomic E-state index is 13.1. The third kappa shape index (κ3) is 5.43. The molecule has 2 amide bonds. The Labute approximate surface area is 210 Å². The molecule has 2 aliphatic heterocycles. The molecule has 10 nitrogen and oxygen atoms in total. The van der Waals surface area contributed by atoms with Gasteiger partial charge in [-0.15, -0.1) is 0 Å². The Balaban J connectivity index is 1.40. The number of benzene rings is 2. The standard InChI is InChI=1S/C25H30N4O6S/c1-17-5-6-20(23(32)26-10-13-30)15-18(17)7-14-36(34,35)29-11-8-25(9-12-29)24(33)27-22(28-25)19-3-2-4-21(31)16-19/h2-6,15-16,30-31H,7-14H2,1H3,(H,26,32)(H,27,28,33). The summed E-state index contributed by atoms with van der Waals surface area (Å²) in [5.41, 5.74) is 1.64. The highest BCUT2D eigenvalue weighted by atomic mass is 32.2. The van der Waals surface area contributed by atoms with E-state index in [1.54, 1.807) is 30.3 Å². The Bertz CT molecular complexity index is 1300. The molecule has 36 heavy (non-hydrogen) atoms. The van der Waals surface area contributed by atoms with E-state index < -0.39 is 15.6 Å². The number of carbonyl (C=O) groups is 2. The molecule has 0 saturated carbocycles. The van der Waals surface area contributed by atoms with Crippen LogP contribution in [-0.2, 0) is 21.2 Å². The average molecular weight is 515 g/mol. The van der Waals surface area contributed by atoms with Gasteiger partial charge < -0.3 is 20.8 Å². The summed E-state index contributed by atoms with van der Waals surface area (Å²) in [5, 5.41) is 24.0. The van der Waals surface area contributed by atoms with Crippen molar-refractivity contribution < 1.29 is 28.2 Å². The summed E-state index contributed by atoms with van der Waals surface area (Å²) >= 11 is 0. The van der Waals surface area contributed by atoms with Crippen LogP contribution < -0.4 is 10.6 Å². The normalized spacial score (nSPS) is 17.6. The molecule has 0 bridgehead atoms. The number of piperidine rings is 1. The number of phenols is 1. The van der Waals surface area contributed by atoms with Gasteiger partial charge in [0.25, 0.3) is 11.8 Å². The Morgan fingerprint density at radius 1 is 1.19 bits per heavy atom.